The summed E-state index contributed by atoms with van der Waals surface area (Å²) in [5, 5.41) is 2.87. The van der Waals surface area contributed by atoms with E-state index in [0.717, 1.165) is 0 Å². The van der Waals surface area contributed by atoms with Crippen LogP contribution in [-0.4, -0.2) is 0 Å². The molecule has 0 amide bonds. The summed E-state index contributed by atoms with van der Waals surface area (Å²) in [6.07, 6.45) is 2.64. The van der Waals surface area contributed by atoms with E-state index >= 15 is 0 Å². The van der Waals surface area contributed by atoms with Gasteiger partial charge in [0.25, 0.3) is 0 Å². The Morgan fingerprint density at radius 2 is 0.778 bits per heavy atom. The van der Waals surface area contributed by atoms with Crippen molar-refractivity contribution in [2.24, 2.45) is 0 Å². The molecule has 2 rings (SSSR count). The minimum atomic E-state index is 1.32. The third-order valence-corrected chi connectivity index (χ3v) is 3.49. The molecule has 0 saturated carbocycles. The van der Waals surface area contributed by atoms with E-state index < -0.39 is 0 Å². The van der Waals surface area contributed by atoms with Crippen LogP contribution in [0, 0.1) is 27.7 Å². The van der Waals surface area contributed by atoms with E-state index in [1.165, 1.54) is 45.9 Å². The van der Waals surface area contributed by atoms with E-state index in [2.05, 4.69) is 65.8 Å². The summed E-state index contributed by atoms with van der Waals surface area (Å²) >= 11 is 0. The smallest absolute Gasteiger partial charge is 0.0120 e. The summed E-state index contributed by atoms with van der Waals surface area (Å²) in [6, 6.07) is 8.85. The zero-order chi connectivity index (χ0) is 13.7. The summed E-state index contributed by atoms with van der Waals surface area (Å²) in [7, 11) is 0. The van der Waals surface area contributed by atoms with Crippen molar-refractivity contribution in [2.45, 2.75) is 54.4 Å². The first-order valence-corrected chi connectivity index (χ1v) is 6.99. The second-order valence-corrected chi connectivity index (χ2v) is 5.15. The molecule has 0 atom stereocenters. The molecule has 0 saturated heterocycles. The highest BCUT2D eigenvalue weighted by atomic mass is 14.1. The normalized spacial score (nSPS) is 10.1. The second-order valence-electron chi connectivity index (χ2n) is 5.15. The minimum absolute atomic E-state index is 1.32. The Kier molecular flexibility index (Phi) is 5.40. The van der Waals surface area contributed by atoms with Crippen molar-refractivity contribution in [3.8, 4) is 0 Å². The van der Waals surface area contributed by atoms with Gasteiger partial charge in [-0.3, -0.25) is 0 Å². The van der Waals surface area contributed by atoms with Gasteiger partial charge in [-0.15, -0.1) is 0 Å². The van der Waals surface area contributed by atoms with Gasteiger partial charge in [0.05, 0.1) is 0 Å². The summed E-state index contributed by atoms with van der Waals surface area (Å²) in [4.78, 5) is 0. The standard InChI is InChI=1S/C14H16.C4H10/c1-9-5-6-11(3)14-12(4)8-7-10(2)13(9)14;1-3-4-2/h5-8H,1-4H3;3-4H2,1-2H3. The van der Waals surface area contributed by atoms with Crippen LogP contribution in [0.3, 0.4) is 0 Å². The van der Waals surface area contributed by atoms with Gasteiger partial charge in [-0.2, -0.15) is 0 Å². The highest BCUT2D eigenvalue weighted by Crippen LogP contribution is 2.27. The predicted molar refractivity (Wildman–Crippen MR) is 83.5 cm³/mol. The Labute approximate surface area is 112 Å². The topological polar surface area (TPSA) is 0 Å². The number of unbranched alkanes of at least 4 members (excludes halogenated alkanes) is 1. The summed E-state index contributed by atoms with van der Waals surface area (Å²) < 4.78 is 0. The average molecular weight is 242 g/mol. The summed E-state index contributed by atoms with van der Waals surface area (Å²) in [5.74, 6) is 0. The van der Waals surface area contributed by atoms with E-state index in [-0.39, 0.29) is 0 Å². The monoisotopic (exact) mass is 242 g/mol. The van der Waals surface area contributed by atoms with Crippen molar-refractivity contribution in [3.63, 3.8) is 0 Å². The minimum Gasteiger partial charge on any atom is -0.0654 e. The fraction of sp³-hybridized carbons (Fsp3) is 0.444. The van der Waals surface area contributed by atoms with Gasteiger partial charge in [-0.25, -0.2) is 0 Å². The Hall–Kier alpha value is -1.30. The second kappa shape index (κ2) is 6.58. The van der Waals surface area contributed by atoms with Crippen molar-refractivity contribution >= 4 is 10.8 Å². The molecule has 98 valence electrons. The molecule has 0 fully saturated rings. The fourth-order valence-corrected chi connectivity index (χ4v) is 2.24. The Morgan fingerprint density at radius 3 is 0.944 bits per heavy atom. The molecule has 0 heteroatoms. The highest BCUT2D eigenvalue weighted by Gasteiger charge is 2.05. The van der Waals surface area contributed by atoms with Gasteiger partial charge in [0.2, 0.25) is 0 Å². The number of aryl methyl sites for hydroxylation is 4. The molecule has 0 aliphatic carbocycles. The van der Waals surface area contributed by atoms with Gasteiger partial charge in [-0.05, 0) is 60.7 Å². The number of hydrogen-bond donors (Lipinski definition) is 0. The zero-order valence-electron chi connectivity index (χ0n) is 12.7. The lowest BCUT2D eigenvalue weighted by molar-refractivity contribution is 0.886. The Morgan fingerprint density at radius 1 is 0.556 bits per heavy atom. The zero-order valence-corrected chi connectivity index (χ0v) is 12.7. The molecule has 0 nitrogen and oxygen atoms in total. The molecule has 0 radical (unpaired) electrons. The molecule has 0 aromatic heterocycles. The molecule has 0 aliphatic heterocycles. The fourth-order valence-electron chi connectivity index (χ4n) is 2.24. The van der Waals surface area contributed by atoms with Gasteiger partial charge < -0.3 is 0 Å². The SMILES string of the molecule is CCCC.Cc1ccc(C)c2c(C)ccc(C)c12. The summed E-state index contributed by atoms with van der Waals surface area (Å²) in [6.45, 7) is 13.1. The van der Waals surface area contributed by atoms with E-state index in [9.17, 15) is 0 Å². The first kappa shape index (κ1) is 14.8. The van der Waals surface area contributed by atoms with Gasteiger partial charge in [-0.1, -0.05) is 51.0 Å². The van der Waals surface area contributed by atoms with Crippen molar-refractivity contribution in [1.29, 1.82) is 0 Å². The van der Waals surface area contributed by atoms with Crippen molar-refractivity contribution in [2.75, 3.05) is 0 Å². The molecule has 0 unspecified atom stereocenters. The number of fused-ring (bicyclic) bond motifs is 1. The van der Waals surface area contributed by atoms with Crippen LogP contribution >= 0.6 is 0 Å². The van der Waals surface area contributed by atoms with E-state index in [0.29, 0.717) is 0 Å². The van der Waals surface area contributed by atoms with E-state index in [1.54, 1.807) is 0 Å². The maximum atomic E-state index is 2.21. The summed E-state index contributed by atoms with van der Waals surface area (Å²) in [5.41, 5.74) is 5.53. The maximum absolute atomic E-state index is 2.21. The number of benzene rings is 2. The average Bonchev–Trinajstić information content (AvgIpc) is 2.37. The lowest BCUT2D eigenvalue weighted by Crippen LogP contribution is -1.89. The van der Waals surface area contributed by atoms with Crippen molar-refractivity contribution in [3.05, 3.63) is 46.5 Å². The van der Waals surface area contributed by atoms with Crippen molar-refractivity contribution < 1.29 is 0 Å². The van der Waals surface area contributed by atoms with E-state index in [4.69, 9.17) is 0 Å². The molecule has 0 bridgehead atoms. The first-order chi connectivity index (χ1) is 8.52. The van der Waals surface area contributed by atoms with E-state index in [1.807, 2.05) is 0 Å². The van der Waals surface area contributed by atoms with Crippen LogP contribution in [0.25, 0.3) is 10.8 Å². The third-order valence-electron chi connectivity index (χ3n) is 3.49. The highest BCUT2D eigenvalue weighted by molar-refractivity contribution is 5.93. The lowest BCUT2D eigenvalue weighted by Gasteiger charge is -2.11. The molecular weight excluding hydrogens is 216 g/mol. The molecule has 0 spiro atoms. The van der Waals surface area contributed by atoms with Crippen LogP contribution in [0.2, 0.25) is 0 Å². The molecule has 2 aromatic rings. The van der Waals surface area contributed by atoms with Crippen LogP contribution in [0.5, 0.6) is 0 Å². The quantitative estimate of drug-likeness (QED) is 0.585. The Balaban J connectivity index is 0.000000357. The number of rotatable bonds is 1. The predicted octanol–water partition coefficient (Wildman–Crippen LogP) is 5.88. The molecule has 0 N–H and O–H groups in total. The van der Waals surface area contributed by atoms with Gasteiger partial charge in [0, 0.05) is 0 Å². The molecular formula is C18H26. The van der Waals surface area contributed by atoms with Crippen LogP contribution < -0.4 is 0 Å². The Bertz CT molecular complexity index is 430. The van der Waals surface area contributed by atoms with Crippen molar-refractivity contribution in [1.82, 2.24) is 0 Å². The molecule has 0 aliphatic rings. The molecule has 0 heterocycles. The van der Waals surface area contributed by atoms with Gasteiger partial charge in [0.15, 0.2) is 0 Å². The molecule has 18 heavy (non-hydrogen) atoms. The van der Waals surface area contributed by atoms with Gasteiger partial charge in [0.1, 0.15) is 0 Å². The van der Waals surface area contributed by atoms with Crippen LogP contribution in [0.15, 0.2) is 24.3 Å². The largest absolute Gasteiger partial charge is 0.0654 e. The molecule has 2 aromatic carbocycles. The van der Waals surface area contributed by atoms with Crippen LogP contribution in [0.4, 0.5) is 0 Å². The third kappa shape index (κ3) is 3.13. The maximum Gasteiger partial charge on any atom is -0.0120 e. The van der Waals surface area contributed by atoms with Crippen LogP contribution in [-0.2, 0) is 0 Å². The lowest BCUT2D eigenvalue weighted by atomic mass is 9.94. The first-order valence-electron chi connectivity index (χ1n) is 6.99. The number of hydrogen-bond acceptors (Lipinski definition) is 0. The van der Waals surface area contributed by atoms with Crippen LogP contribution in [0.1, 0.15) is 48.9 Å². The van der Waals surface area contributed by atoms with Gasteiger partial charge >= 0.3 is 0 Å².